The Morgan fingerprint density at radius 3 is 2.89 bits per heavy atom. The number of hydrogen-bond acceptors (Lipinski definition) is 3. The van der Waals surface area contributed by atoms with Crippen LogP contribution >= 0.6 is 0 Å². The average Bonchev–Trinajstić information content (AvgIpc) is 2.37. The van der Waals surface area contributed by atoms with E-state index in [2.05, 4.69) is 17.6 Å². The minimum absolute atomic E-state index is 0.0101. The predicted octanol–water partition coefficient (Wildman–Crippen LogP) is 2.16. The highest BCUT2D eigenvalue weighted by molar-refractivity contribution is 5.90. The summed E-state index contributed by atoms with van der Waals surface area (Å²) >= 11 is 0. The lowest BCUT2D eigenvalue weighted by Crippen LogP contribution is -2.15. The van der Waals surface area contributed by atoms with E-state index in [-0.39, 0.29) is 5.91 Å². The Hall–Kier alpha value is -1.39. The summed E-state index contributed by atoms with van der Waals surface area (Å²) in [5.41, 5.74) is 2.01. The number of ether oxygens (including phenoxy) is 1. The smallest absolute Gasteiger partial charge is 0.226 e. The van der Waals surface area contributed by atoms with E-state index in [9.17, 15) is 4.79 Å². The molecule has 0 aliphatic heterocycles. The quantitative estimate of drug-likeness (QED) is 0.695. The second-order valence-corrected chi connectivity index (χ2v) is 3.98. The fourth-order valence-electron chi connectivity index (χ4n) is 1.56. The number of benzene rings is 1. The van der Waals surface area contributed by atoms with Crippen LogP contribution in [0.5, 0.6) is 0 Å². The molecule has 1 aromatic carbocycles. The van der Waals surface area contributed by atoms with Crippen molar-refractivity contribution in [2.24, 2.45) is 0 Å². The second kappa shape index (κ2) is 8.66. The minimum atomic E-state index is -0.0101. The zero-order valence-corrected chi connectivity index (χ0v) is 11.2. The summed E-state index contributed by atoms with van der Waals surface area (Å²) < 4.78 is 5.15. The van der Waals surface area contributed by atoms with Gasteiger partial charge in [-0.25, -0.2) is 0 Å². The molecular formula is C14H22N2O2. The van der Waals surface area contributed by atoms with Crippen LogP contribution in [0.1, 0.15) is 25.8 Å². The second-order valence-electron chi connectivity index (χ2n) is 3.98. The molecule has 4 heteroatoms. The monoisotopic (exact) mass is 250 g/mol. The summed E-state index contributed by atoms with van der Waals surface area (Å²) in [5, 5.41) is 6.13. The average molecular weight is 250 g/mol. The van der Waals surface area contributed by atoms with Gasteiger partial charge in [-0.15, -0.1) is 0 Å². The molecule has 18 heavy (non-hydrogen) atoms. The Morgan fingerprint density at radius 1 is 1.33 bits per heavy atom. The molecule has 0 aromatic heterocycles. The van der Waals surface area contributed by atoms with Crippen LogP contribution in [0.25, 0.3) is 0 Å². The Bertz CT molecular complexity index is 367. The Balaban J connectivity index is 2.43. The van der Waals surface area contributed by atoms with Gasteiger partial charge in [0.2, 0.25) is 5.91 Å². The molecule has 0 spiro atoms. The van der Waals surface area contributed by atoms with Crippen molar-refractivity contribution in [2.75, 3.05) is 25.1 Å². The molecule has 0 atom stereocenters. The maximum atomic E-state index is 11.6. The first kappa shape index (κ1) is 14.7. The fourth-order valence-corrected chi connectivity index (χ4v) is 1.56. The SMILES string of the molecule is CCNCc1cccc(NC(=O)CCOCC)c1. The topological polar surface area (TPSA) is 50.4 Å². The van der Waals surface area contributed by atoms with Crippen molar-refractivity contribution in [3.8, 4) is 0 Å². The summed E-state index contributed by atoms with van der Waals surface area (Å²) in [6.45, 7) is 6.86. The maximum Gasteiger partial charge on any atom is 0.226 e. The van der Waals surface area contributed by atoms with Gasteiger partial charge >= 0.3 is 0 Å². The van der Waals surface area contributed by atoms with Gasteiger partial charge in [0.25, 0.3) is 0 Å². The molecule has 0 aliphatic rings. The molecule has 0 fully saturated rings. The van der Waals surface area contributed by atoms with Gasteiger partial charge in [-0.3, -0.25) is 4.79 Å². The summed E-state index contributed by atoms with van der Waals surface area (Å²) in [4.78, 5) is 11.6. The molecule has 2 N–H and O–H groups in total. The normalized spacial score (nSPS) is 10.3. The number of amides is 1. The zero-order valence-electron chi connectivity index (χ0n) is 11.2. The lowest BCUT2D eigenvalue weighted by molar-refractivity contribution is -0.117. The van der Waals surface area contributed by atoms with Crippen LogP contribution in [0.15, 0.2) is 24.3 Å². The van der Waals surface area contributed by atoms with E-state index >= 15 is 0 Å². The molecule has 1 aromatic rings. The maximum absolute atomic E-state index is 11.6. The number of anilines is 1. The first-order chi connectivity index (χ1) is 8.76. The van der Waals surface area contributed by atoms with E-state index in [1.54, 1.807) is 0 Å². The van der Waals surface area contributed by atoms with Crippen molar-refractivity contribution >= 4 is 11.6 Å². The highest BCUT2D eigenvalue weighted by Gasteiger charge is 2.02. The number of rotatable bonds is 8. The van der Waals surface area contributed by atoms with Crippen molar-refractivity contribution in [1.29, 1.82) is 0 Å². The van der Waals surface area contributed by atoms with Gasteiger partial charge in [0, 0.05) is 18.8 Å². The molecule has 0 radical (unpaired) electrons. The van der Waals surface area contributed by atoms with Crippen molar-refractivity contribution < 1.29 is 9.53 Å². The van der Waals surface area contributed by atoms with Gasteiger partial charge in [-0.2, -0.15) is 0 Å². The first-order valence-electron chi connectivity index (χ1n) is 6.43. The molecule has 0 heterocycles. The molecule has 0 aliphatic carbocycles. The van der Waals surface area contributed by atoms with E-state index in [0.717, 1.165) is 18.8 Å². The highest BCUT2D eigenvalue weighted by atomic mass is 16.5. The third-order valence-electron chi connectivity index (χ3n) is 2.47. The Labute approximate surface area is 109 Å². The van der Waals surface area contributed by atoms with Gasteiger partial charge < -0.3 is 15.4 Å². The Morgan fingerprint density at radius 2 is 2.17 bits per heavy atom. The number of nitrogens with one attached hydrogen (secondary N) is 2. The van der Waals surface area contributed by atoms with Gasteiger partial charge in [0.15, 0.2) is 0 Å². The van der Waals surface area contributed by atoms with Crippen LogP contribution in [0.3, 0.4) is 0 Å². The van der Waals surface area contributed by atoms with Crippen molar-refractivity contribution in [3.05, 3.63) is 29.8 Å². The van der Waals surface area contributed by atoms with E-state index in [0.29, 0.717) is 19.6 Å². The largest absolute Gasteiger partial charge is 0.381 e. The standard InChI is InChI=1S/C14H22N2O2/c1-3-15-11-12-6-5-7-13(10-12)16-14(17)8-9-18-4-2/h5-7,10,15H,3-4,8-9,11H2,1-2H3,(H,16,17). The first-order valence-corrected chi connectivity index (χ1v) is 6.43. The number of carbonyl (C=O) groups is 1. The zero-order chi connectivity index (χ0) is 13.2. The summed E-state index contributed by atoms with van der Waals surface area (Å²) in [5.74, 6) is -0.0101. The predicted molar refractivity (Wildman–Crippen MR) is 73.6 cm³/mol. The van der Waals surface area contributed by atoms with Crippen LogP contribution in [-0.2, 0) is 16.1 Å². The van der Waals surface area contributed by atoms with E-state index < -0.39 is 0 Å². The molecule has 0 unspecified atom stereocenters. The van der Waals surface area contributed by atoms with Gasteiger partial charge in [0.1, 0.15) is 0 Å². The van der Waals surface area contributed by atoms with Crippen LogP contribution in [0.4, 0.5) is 5.69 Å². The van der Waals surface area contributed by atoms with Crippen molar-refractivity contribution in [2.45, 2.75) is 26.8 Å². The van der Waals surface area contributed by atoms with Gasteiger partial charge in [-0.05, 0) is 31.2 Å². The van der Waals surface area contributed by atoms with Gasteiger partial charge in [0.05, 0.1) is 13.0 Å². The van der Waals surface area contributed by atoms with E-state index in [4.69, 9.17) is 4.74 Å². The molecule has 0 saturated heterocycles. The third-order valence-corrected chi connectivity index (χ3v) is 2.47. The van der Waals surface area contributed by atoms with Crippen LogP contribution < -0.4 is 10.6 Å². The molecule has 1 amide bonds. The minimum Gasteiger partial charge on any atom is -0.381 e. The molecule has 0 saturated carbocycles. The lowest BCUT2D eigenvalue weighted by Gasteiger charge is -2.08. The summed E-state index contributed by atoms with van der Waals surface area (Å²) in [6, 6.07) is 7.87. The highest BCUT2D eigenvalue weighted by Crippen LogP contribution is 2.10. The molecule has 0 bridgehead atoms. The summed E-state index contributed by atoms with van der Waals surface area (Å²) in [6.07, 6.45) is 0.394. The van der Waals surface area contributed by atoms with Crippen molar-refractivity contribution in [3.63, 3.8) is 0 Å². The molecule has 1 rings (SSSR count). The van der Waals surface area contributed by atoms with Gasteiger partial charge in [-0.1, -0.05) is 19.1 Å². The van der Waals surface area contributed by atoms with Crippen LogP contribution in [-0.4, -0.2) is 25.7 Å². The van der Waals surface area contributed by atoms with E-state index in [1.807, 2.05) is 31.2 Å². The molecular weight excluding hydrogens is 228 g/mol. The van der Waals surface area contributed by atoms with E-state index in [1.165, 1.54) is 5.56 Å². The van der Waals surface area contributed by atoms with Crippen LogP contribution in [0.2, 0.25) is 0 Å². The van der Waals surface area contributed by atoms with Crippen LogP contribution in [0, 0.1) is 0 Å². The number of carbonyl (C=O) groups excluding carboxylic acids is 1. The lowest BCUT2D eigenvalue weighted by atomic mass is 10.2. The fraction of sp³-hybridized carbons (Fsp3) is 0.500. The number of hydrogen-bond donors (Lipinski definition) is 2. The summed E-state index contributed by atoms with van der Waals surface area (Å²) in [7, 11) is 0. The third kappa shape index (κ3) is 5.80. The molecule has 4 nitrogen and oxygen atoms in total. The molecule has 100 valence electrons. The Kier molecular flexibility index (Phi) is 7.06. The van der Waals surface area contributed by atoms with Crippen molar-refractivity contribution in [1.82, 2.24) is 5.32 Å².